The molecule has 0 N–H and O–H groups in total. The molecule has 0 aliphatic carbocycles. The van der Waals surface area contributed by atoms with Gasteiger partial charge in [-0.3, -0.25) is 9.69 Å². The maximum atomic E-state index is 12.0. The molecule has 0 unspecified atom stereocenters. The van der Waals surface area contributed by atoms with E-state index >= 15 is 0 Å². The first-order valence-electron chi connectivity index (χ1n) is 12.2. The fourth-order valence-electron chi connectivity index (χ4n) is 4.53. The Morgan fingerprint density at radius 2 is 1.79 bits per heavy atom. The van der Waals surface area contributed by atoms with Crippen LogP contribution in [0.4, 0.5) is 5.82 Å². The number of anilines is 1. The van der Waals surface area contributed by atoms with Gasteiger partial charge in [-0.1, -0.05) is 45.0 Å². The summed E-state index contributed by atoms with van der Waals surface area (Å²) < 4.78 is 6.96. The number of esters is 1. The molecule has 182 valence electrons. The first-order chi connectivity index (χ1) is 16.3. The van der Waals surface area contributed by atoms with Gasteiger partial charge in [0.05, 0.1) is 6.61 Å². The summed E-state index contributed by atoms with van der Waals surface area (Å²) >= 11 is 0. The van der Waals surface area contributed by atoms with Crippen molar-refractivity contribution in [3.63, 3.8) is 0 Å². The van der Waals surface area contributed by atoms with E-state index in [4.69, 9.17) is 4.74 Å². The molecule has 1 fully saturated rings. The van der Waals surface area contributed by atoms with Crippen LogP contribution < -0.4 is 4.90 Å². The lowest BCUT2D eigenvalue weighted by Crippen LogP contribution is -2.47. The zero-order valence-electron chi connectivity index (χ0n) is 21.0. The van der Waals surface area contributed by atoms with Crippen molar-refractivity contribution in [2.24, 2.45) is 0 Å². The number of ether oxygens (including phenoxy) is 1. The molecule has 1 aliphatic heterocycles. The molecule has 1 saturated heterocycles. The van der Waals surface area contributed by atoms with E-state index in [9.17, 15) is 4.79 Å². The molecule has 1 aliphatic rings. The highest BCUT2D eigenvalue weighted by Gasteiger charge is 2.25. The van der Waals surface area contributed by atoms with Gasteiger partial charge in [0.25, 0.3) is 5.78 Å². The third-order valence-corrected chi connectivity index (χ3v) is 6.49. The number of aromatic nitrogens is 4. The number of rotatable bonds is 7. The summed E-state index contributed by atoms with van der Waals surface area (Å²) in [7, 11) is 0. The number of piperazine rings is 1. The van der Waals surface area contributed by atoms with Crippen molar-refractivity contribution in [2.75, 3.05) is 37.7 Å². The molecule has 0 atom stereocenters. The lowest BCUT2D eigenvalue weighted by molar-refractivity contribution is -0.143. The van der Waals surface area contributed by atoms with Gasteiger partial charge in [-0.15, -0.1) is 0 Å². The van der Waals surface area contributed by atoms with Crippen molar-refractivity contribution in [2.45, 2.75) is 59.4 Å². The summed E-state index contributed by atoms with van der Waals surface area (Å²) in [6.07, 6.45) is 2.44. The van der Waals surface area contributed by atoms with E-state index in [2.05, 4.69) is 69.9 Å². The summed E-state index contributed by atoms with van der Waals surface area (Å²) in [5.41, 5.74) is 4.81. The van der Waals surface area contributed by atoms with Crippen LogP contribution in [0.1, 0.15) is 56.5 Å². The van der Waals surface area contributed by atoms with Crippen LogP contribution in [0.25, 0.3) is 5.78 Å². The third-order valence-electron chi connectivity index (χ3n) is 6.49. The largest absolute Gasteiger partial charge is 0.466 e. The summed E-state index contributed by atoms with van der Waals surface area (Å²) in [6, 6.07) is 9.02. The average Bonchev–Trinajstić information content (AvgIpc) is 3.26. The van der Waals surface area contributed by atoms with Gasteiger partial charge in [0.15, 0.2) is 0 Å². The van der Waals surface area contributed by atoms with Gasteiger partial charge >= 0.3 is 5.97 Å². The fourth-order valence-corrected chi connectivity index (χ4v) is 4.53. The topological polar surface area (TPSA) is 75.9 Å². The van der Waals surface area contributed by atoms with E-state index < -0.39 is 0 Å². The number of carbonyl (C=O) groups excluding carboxylic acids is 1. The summed E-state index contributed by atoms with van der Waals surface area (Å²) in [5, 5.41) is 4.45. The molecule has 34 heavy (non-hydrogen) atoms. The monoisotopic (exact) mass is 464 g/mol. The Kier molecular flexibility index (Phi) is 7.16. The molecule has 4 rings (SSSR count). The Morgan fingerprint density at radius 3 is 2.44 bits per heavy atom. The van der Waals surface area contributed by atoms with E-state index in [0.717, 1.165) is 49.8 Å². The van der Waals surface area contributed by atoms with Gasteiger partial charge in [0.1, 0.15) is 12.1 Å². The molecular weight excluding hydrogens is 428 g/mol. The second-order valence-electron chi connectivity index (χ2n) is 9.99. The number of nitrogens with zero attached hydrogens (tertiary/aromatic N) is 6. The first-order valence-corrected chi connectivity index (χ1v) is 12.2. The number of aryl methyl sites for hydroxylation is 1. The Bertz CT molecular complexity index is 1120. The molecule has 0 spiro atoms. The van der Waals surface area contributed by atoms with Gasteiger partial charge in [0, 0.05) is 50.4 Å². The minimum atomic E-state index is -0.186. The van der Waals surface area contributed by atoms with E-state index in [1.54, 1.807) is 0 Å². The number of fused-ring (bicyclic) bond motifs is 1. The van der Waals surface area contributed by atoms with Crippen molar-refractivity contribution < 1.29 is 9.53 Å². The second kappa shape index (κ2) is 10.1. The zero-order chi connectivity index (χ0) is 24.3. The minimum Gasteiger partial charge on any atom is -0.466 e. The van der Waals surface area contributed by atoms with Gasteiger partial charge in [0.2, 0.25) is 0 Å². The minimum absolute atomic E-state index is 0.171. The van der Waals surface area contributed by atoms with Crippen LogP contribution in [0.3, 0.4) is 0 Å². The van der Waals surface area contributed by atoms with Crippen LogP contribution in [0.2, 0.25) is 0 Å². The molecule has 3 aromatic rings. The lowest BCUT2D eigenvalue weighted by Gasteiger charge is -2.37. The molecule has 3 heterocycles. The number of hydrogen-bond acceptors (Lipinski definition) is 7. The van der Waals surface area contributed by atoms with Crippen LogP contribution in [-0.4, -0.2) is 63.2 Å². The normalized spacial score (nSPS) is 15.1. The maximum Gasteiger partial charge on any atom is 0.306 e. The molecule has 0 radical (unpaired) electrons. The molecule has 2 aromatic heterocycles. The van der Waals surface area contributed by atoms with Crippen LogP contribution >= 0.6 is 0 Å². The predicted molar refractivity (Wildman–Crippen MR) is 133 cm³/mol. The summed E-state index contributed by atoms with van der Waals surface area (Å²) in [6.45, 7) is 15.6. The SMILES string of the molecule is CCOC(=O)CCc1c(C)nc2ncnn2c1N1CCN(Cc2ccc(C(C)(C)C)cc2)CC1. The van der Waals surface area contributed by atoms with E-state index in [-0.39, 0.29) is 11.4 Å². The van der Waals surface area contributed by atoms with Crippen molar-refractivity contribution in [1.82, 2.24) is 24.5 Å². The van der Waals surface area contributed by atoms with Crippen LogP contribution in [0.5, 0.6) is 0 Å². The van der Waals surface area contributed by atoms with E-state index in [1.807, 2.05) is 18.4 Å². The third kappa shape index (κ3) is 5.38. The molecule has 1 aromatic carbocycles. The fraction of sp³-hybridized carbons (Fsp3) is 0.538. The number of benzene rings is 1. The number of hydrogen-bond donors (Lipinski definition) is 0. The van der Waals surface area contributed by atoms with Crippen LogP contribution in [0.15, 0.2) is 30.6 Å². The van der Waals surface area contributed by atoms with Gasteiger partial charge in [-0.05, 0) is 36.8 Å². The molecule has 0 bridgehead atoms. The van der Waals surface area contributed by atoms with E-state index in [1.165, 1.54) is 17.5 Å². The highest BCUT2D eigenvalue weighted by molar-refractivity contribution is 5.70. The smallest absolute Gasteiger partial charge is 0.306 e. The molecule has 8 heteroatoms. The summed E-state index contributed by atoms with van der Waals surface area (Å²) in [5.74, 6) is 1.40. The van der Waals surface area contributed by atoms with Crippen LogP contribution in [0, 0.1) is 6.92 Å². The lowest BCUT2D eigenvalue weighted by atomic mass is 9.87. The molecule has 0 amide bonds. The molecular formula is C26H36N6O2. The van der Waals surface area contributed by atoms with Crippen LogP contribution in [-0.2, 0) is 27.9 Å². The quantitative estimate of drug-likeness (QED) is 0.495. The van der Waals surface area contributed by atoms with Crippen molar-refractivity contribution in [1.29, 1.82) is 0 Å². The van der Waals surface area contributed by atoms with Gasteiger partial charge < -0.3 is 9.64 Å². The Labute approximate surface area is 201 Å². The van der Waals surface area contributed by atoms with Gasteiger partial charge in [-0.25, -0.2) is 4.98 Å². The van der Waals surface area contributed by atoms with E-state index in [0.29, 0.717) is 25.2 Å². The Balaban J connectivity index is 1.47. The number of carbonyl (C=O) groups is 1. The van der Waals surface area contributed by atoms with Crippen molar-refractivity contribution in [3.8, 4) is 0 Å². The highest BCUT2D eigenvalue weighted by Crippen LogP contribution is 2.27. The second-order valence-corrected chi connectivity index (χ2v) is 9.99. The molecule has 0 saturated carbocycles. The first kappa shape index (κ1) is 24.1. The molecule has 8 nitrogen and oxygen atoms in total. The average molecular weight is 465 g/mol. The zero-order valence-corrected chi connectivity index (χ0v) is 21.0. The Hall–Kier alpha value is -3.00. The van der Waals surface area contributed by atoms with Crippen molar-refractivity contribution >= 4 is 17.6 Å². The predicted octanol–water partition coefficient (Wildman–Crippen LogP) is 3.55. The Morgan fingerprint density at radius 1 is 1.09 bits per heavy atom. The maximum absolute atomic E-state index is 12.0. The van der Waals surface area contributed by atoms with Crippen molar-refractivity contribution in [3.05, 3.63) is 53.0 Å². The standard InChI is InChI=1S/C26H36N6O2/c1-6-34-23(33)12-11-22-19(2)29-25-27-18-28-32(25)24(22)31-15-13-30(14-16-31)17-20-7-9-21(10-8-20)26(3,4)5/h7-10,18H,6,11-17H2,1-5H3. The highest BCUT2D eigenvalue weighted by atomic mass is 16.5. The van der Waals surface area contributed by atoms with Gasteiger partial charge in [-0.2, -0.15) is 14.6 Å². The summed E-state index contributed by atoms with van der Waals surface area (Å²) in [4.78, 5) is 25.8.